The van der Waals surface area contributed by atoms with Gasteiger partial charge in [-0.15, -0.1) is 11.8 Å². The zero-order valence-electron chi connectivity index (χ0n) is 10.7. The van der Waals surface area contributed by atoms with Gasteiger partial charge in [-0.2, -0.15) is 0 Å². The second-order valence-corrected chi connectivity index (χ2v) is 4.66. The smallest absolute Gasteiger partial charge is 0.317 e. The van der Waals surface area contributed by atoms with Gasteiger partial charge in [-0.3, -0.25) is 9.59 Å². The van der Waals surface area contributed by atoms with E-state index in [2.05, 4.69) is 11.8 Å². The summed E-state index contributed by atoms with van der Waals surface area (Å²) in [6.07, 6.45) is 0.977. The second kappa shape index (κ2) is 6.32. The van der Waals surface area contributed by atoms with Crippen molar-refractivity contribution in [3.63, 3.8) is 0 Å². The maximum absolute atomic E-state index is 11.7. The lowest BCUT2D eigenvalue weighted by molar-refractivity contribution is -0.161. The van der Waals surface area contributed by atoms with Crippen molar-refractivity contribution in [3.05, 3.63) is 0 Å². The predicted molar refractivity (Wildman–Crippen MR) is 62.7 cm³/mol. The zero-order valence-corrected chi connectivity index (χ0v) is 10.7. The highest BCUT2D eigenvalue weighted by Gasteiger charge is 2.27. The van der Waals surface area contributed by atoms with Crippen molar-refractivity contribution in [2.75, 3.05) is 0 Å². The number of carbonyl (C=O) groups excluding carboxylic acids is 2. The Morgan fingerprint density at radius 3 is 2.25 bits per heavy atom. The fraction of sp³-hybridized carbons (Fsp3) is 0.692. The number of ether oxygens (including phenoxy) is 1. The van der Waals surface area contributed by atoms with Crippen molar-refractivity contribution >= 4 is 11.8 Å². The van der Waals surface area contributed by atoms with Crippen molar-refractivity contribution < 1.29 is 14.3 Å². The van der Waals surface area contributed by atoms with Gasteiger partial charge in [0, 0.05) is 6.42 Å². The molecule has 0 aliphatic rings. The predicted octanol–water partition coefficient (Wildman–Crippen LogP) is 2.34. The minimum atomic E-state index is -0.680. The van der Waals surface area contributed by atoms with E-state index in [0.29, 0.717) is 12.8 Å². The molecule has 3 nitrogen and oxygen atoms in total. The van der Waals surface area contributed by atoms with Crippen LogP contribution in [0.15, 0.2) is 0 Å². The molecule has 16 heavy (non-hydrogen) atoms. The van der Waals surface area contributed by atoms with Gasteiger partial charge >= 0.3 is 5.97 Å². The third kappa shape index (κ3) is 6.23. The van der Waals surface area contributed by atoms with Gasteiger partial charge in [-0.25, -0.2) is 0 Å². The minimum Gasteiger partial charge on any atom is -0.459 e. The average molecular weight is 224 g/mol. The van der Waals surface area contributed by atoms with Crippen LogP contribution < -0.4 is 0 Å². The van der Waals surface area contributed by atoms with Crippen molar-refractivity contribution in [2.24, 2.45) is 5.92 Å². The number of rotatable bonds is 4. The Bertz CT molecular complexity index is 312. The highest BCUT2D eigenvalue weighted by Crippen LogP contribution is 2.15. The molecular weight excluding hydrogens is 204 g/mol. The van der Waals surface area contributed by atoms with Gasteiger partial charge in [0.15, 0.2) is 0 Å². The van der Waals surface area contributed by atoms with Crippen LogP contribution in [-0.4, -0.2) is 17.4 Å². The summed E-state index contributed by atoms with van der Waals surface area (Å²) >= 11 is 0. The van der Waals surface area contributed by atoms with Gasteiger partial charge in [-0.1, -0.05) is 0 Å². The van der Waals surface area contributed by atoms with Crippen molar-refractivity contribution in [1.29, 1.82) is 0 Å². The molecule has 1 atom stereocenters. The number of hydrogen-bond donors (Lipinski definition) is 0. The fourth-order valence-electron chi connectivity index (χ4n) is 1.20. The monoisotopic (exact) mass is 224 g/mol. The summed E-state index contributed by atoms with van der Waals surface area (Å²) in [4.78, 5) is 23.0. The van der Waals surface area contributed by atoms with Gasteiger partial charge in [0.05, 0.1) is 0 Å². The van der Waals surface area contributed by atoms with Crippen LogP contribution in [0.3, 0.4) is 0 Å². The summed E-state index contributed by atoms with van der Waals surface area (Å²) in [5.74, 6) is 4.29. The fourth-order valence-corrected chi connectivity index (χ4v) is 1.20. The van der Waals surface area contributed by atoms with Crippen LogP contribution >= 0.6 is 0 Å². The van der Waals surface area contributed by atoms with E-state index in [1.165, 1.54) is 6.92 Å². The molecule has 0 aliphatic carbocycles. The zero-order chi connectivity index (χ0) is 12.8. The molecule has 0 N–H and O–H groups in total. The Morgan fingerprint density at radius 1 is 1.31 bits per heavy atom. The molecule has 90 valence electrons. The van der Waals surface area contributed by atoms with E-state index in [9.17, 15) is 9.59 Å². The molecule has 3 heteroatoms. The molecule has 0 bridgehead atoms. The van der Waals surface area contributed by atoms with Gasteiger partial charge in [0.25, 0.3) is 0 Å². The van der Waals surface area contributed by atoms with Crippen LogP contribution in [-0.2, 0) is 14.3 Å². The van der Waals surface area contributed by atoms with E-state index in [1.807, 2.05) is 0 Å². The van der Waals surface area contributed by atoms with E-state index >= 15 is 0 Å². The van der Waals surface area contributed by atoms with Crippen LogP contribution in [0.5, 0.6) is 0 Å². The molecule has 0 radical (unpaired) electrons. The highest BCUT2D eigenvalue weighted by atomic mass is 16.6. The molecule has 0 rings (SSSR count). The Morgan fingerprint density at radius 2 is 1.88 bits per heavy atom. The summed E-state index contributed by atoms with van der Waals surface area (Å²) < 4.78 is 5.18. The number of carbonyl (C=O) groups is 2. The lowest BCUT2D eigenvalue weighted by Gasteiger charge is -2.22. The Hall–Kier alpha value is -1.30. The van der Waals surface area contributed by atoms with Crippen LogP contribution in [0.2, 0.25) is 0 Å². The Balaban J connectivity index is 4.46. The number of ketones is 1. The molecule has 0 aromatic heterocycles. The van der Waals surface area contributed by atoms with E-state index < -0.39 is 17.5 Å². The molecule has 0 saturated carbocycles. The van der Waals surface area contributed by atoms with Gasteiger partial charge in [0.2, 0.25) is 0 Å². The molecule has 0 saturated heterocycles. The van der Waals surface area contributed by atoms with Crippen LogP contribution in [0.4, 0.5) is 0 Å². The van der Waals surface area contributed by atoms with Gasteiger partial charge in [0.1, 0.15) is 17.3 Å². The lowest BCUT2D eigenvalue weighted by atomic mass is 9.99. The molecule has 1 unspecified atom stereocenters. The SMILES string of the molecule is CC#CCCC(C(C)=O)C(=O)OC(C)(C)C. The highest BCUT2D eigenvalue weighted by molar-refractivity contribution is 5.97. The third-order valence-electron chi connectivity index (χ3n) is 1.92. The normalized spacial score (nSPS) is 12.3. The molecular formula is C13H20O3. The molecule has 0 aromatic carbocycles. The van der Waals surface area contributed by atoms with Gasteiger partial charge in [-0.05, 0) is 41.0 Å². The molecule has 0 aromatic rings. The summed E-state index contributed by atoms with van der Waals surface area (Å²) in [7, 11) is 0. The maximum atomic E-state index is 11.7. The van der Waals surface area contributed by atoms with Crippen LogP contribution in [0, 0.1) is 17.8 Å². The van der Waals surface area contributed by atoms with Crippen LogP contribution in [0.25, 0.3) is 0 Å². The first kappa shape index (κ1) is 14.7. The molecule has 0 amide bonds. The first-order valence-corrected chi connectivity index (χ1v) is 5.41. The molecule has 0 aliphatic heterocycles. The van der Waals surface area contributed by atoms with E-state index in [-0.39, 0.29) is 5.78 Å². The second-order valence-electron chi connectivity index (χ2n) is 4.66. The number of esters is 1. The first-order chi connectivity index (χ1) is 7.28. The number of hydrogen-bond acceptors (Lipinski definition) is 3. The molecule has 0 spiro atoms. The molecule has 0 fully saturated rings. The van der Waals surface area contributed by atoms with E-state index in [4.69, 9.17) is 4.74 Å². The maximum Gasteiger partial charge on any atom is 0.317 e. The average Bonchev–Trinajstić information content (AvgIpc) is 2.08. The first-order valence-electron chi connectivity index (χ1n) is 5.41. The number of Topliss-reactive ketones (excluding diaryl/α,β-unsaturated/α-hetero) is 1. The summed E-state index contributed by atoms with van der Waals surface area (Å²) in [6.45, 7) is 8.50. The quantitative estimate of drug-likeness (QED) is 0.418. The summed E-state index contributed by atoms with van der Waals surface area (Å²) in [6, 6.07) is 0. The minimum absolute atomic E-state index is 0.160. The summed E-state index contributed by atoms with van der Waals surface area (Å²) in [5, 5.41) is 0. The Labute approximate surface area is 97.6 Å². The third-order valence-corrected chi connectivity index (χ3v) is 1.92. The van der Waals surface area contributed by atoms with E-state index in [1.54, 1.807) is 27.7 Å². The lowest BCUT2D eigenvalue weighted by Crippen LogP contribution is -2.31. The van der Waals surface area contributed by atoms with Gasteiger partial charge < -0.3 is 4.74 Å². The topological polar surface area (TPSA) is 43.4 Å². The Kier molecular flexibility index (Phi) is 5.81. The van der Waals surface area contributed by atoms with Crippen LogP contribution in [0.1, 0.15) is 47.5 Å². The standard InChI is InChI=1S/C13H20O3/c1-6-7-8-9-11(10(2)14)12(15)16-13(3,4)5/h11H,8-9H2,1-5H3. The van der Waals surface area contributed by atoms with Crippen molar-refractivity contribution in [2.45, 2.75) is 53.1 Å². The van der Waals surface area contributed by atoms with Crippen molar-refractivity contribution in [3.8, 4) is 11.8 Å². The molecule has 0 heterocycles. The largest absolute Gasteiger partial charge is 0.459 e. The summed E-state index contributed by atoms with van der Waals surface area (Å²) in [5.41, 5.74) is -0.554. The van der Waals surface area contributed by atoms with Crippen molar-refractivity contribution in [1.82, 2.24) is 0 Å². The van der Waals surface area contributed by atoms with E-state index in [0.717, 1.165) is 0 Å².